The van der Waals surface area contributed by atoms with E-state index in [9.17, 15) is 34.2 Å². The Morgan fingerprint density at radius 1 is 0.811 bits per heavy atom. The van der Waals surface area contributed by atoms with Gasteiger partial charge in [-0.05, 0) is 31.5 Å². The fourth-order valence-corrected chi connectivity index (χ4v) is 3.09. The quantitative estimate of drug-likeness (QED) is 0.113. The van der Waals surface area contributed by atoms with Crippen molar-refractivity contribution in [3.63, 3.8) is 0 Å². The maximum Gasteiger partial charge on any atom is 0.247 e. The molecule has 10 N–H and O–H groups in total. The van der Waals surface area contributed by atoms with Gasteiger partial charge in [-0.2, -0.15) is 0 Å². The molecule has 0 heterocycles. The Labute approximate surface area is 213 Å². The lowest BCUT2D eigenvalue weighted by atomic mass is 10.1. The summed E-state index contributed by atoms with van der Waals surface area (Å²) in [5.41, 5.74) is 6.17. The maximum atomic E-state index is 12.6. The summed E-state index contributed by atoms with van der Waals surface area (Å²) in [6.45, 7) is 1.92. The minimum Gasteiger partial charge on any atom is -0.394 e. The first-order chi connectivity index (χ1) is 17.4. The molecule has 5 atom stereocenters. The van der Waals surface area contributed by atoms with Crippen LogP contribution in [0.2, 0.25) is 0 Å². The molecule has 14 nitrogen and oxygen atoms in total. The van der Waals surface area contributed by atoms with Crippen molar-refractivity contribution in [3.05, 3.63) is 29.8 Å². The molecule has 37 heavy (non-hydrogen) atoms. The molecule has 14 heteroatoms. The van der Waals surface area contributed by atoms with Crippen LogP contribution in [-0.2, 0) is 30.6 Å². The summed E-state index contributed by atoms with van der Waals surface area (Å²) in [6.07, 6.45) is -3.57. The van der Waals surface area contributed by atoms with E-state index in [0.717, 1.165) is 0 Å². The molecule has 5 amide bonds. The van der Waals surface area contributed by atoms with Crippen molar-refractivity contribution in [1.29, 1.82) is 0 Å². The molecule has 0 aliphatic carbocycles. The van der Waals surface area contributed by atoms with Crippen molar-refractivity contribution in [2.45, 2.75) is 70.1 Å². The normalized spacial score (nSPS) is 14.9. The average molecular weight is 526 g/mol. The minimum absolute atomic E-state index is 0.183. The number of nitrogens with one attached hydrogen (secondary N) is 4. The first-order valence-corrected chi connectivity index (χ1v) is 11.5. The van der Waals surface area contributed by atoms with Gasteiger partial charge in [0.05, 0.1) is 38.3 Å². The SMILES string of the molecule is CC(NC(=O)C[C@H](O)C[C@H](O)CO)C(=O)NC(C)C(=O)NC(CC(N)=O)C(=O)Nc1ccc(CO)cc1. The van der Waals surface area contributed by atoms with Crippen LogP contribution in [0.3, 0.4) is 0 Å². The van der Waals surface area contributed by atoms with Gasteiger partial charge in [-0.3, -0.25) is 24.0 Å². The lowest BCUT2D eigenvalue weighted by Gasteiger charge is -2.22. The number of anilines is 1. The molecule has 1 aromatic carbocycles. The summed E-state index contributed by atoms with van der Waals surface area (Å²) < 4.78 is 0. The van der Waals surface area contributed by atoms with Crippen LogP contribution in [0, 0.1) is 0 Å². The van der Waals surface area contributed by atoms with Gasteiger partial charge in [0.25, 0.3) is 0 Å². The Bertz CT molecular complexity index is 941. The third-order valence-corrected chi connectivity index (χ3v) is 5.14. The Hall–Kier alpha value is -3.59. The third kappa shape index (κ3) is 11.8. The molecule has 0 aliphatic heterocycles. The molecule has 0 aliphatic rings. The molecular formula is C23H35N5O9. The highest BCUT2D eigenvalue weighted by atomic mass is 16.3. The van der Waals surface area contributed by atoms with Crippen molar-refractivity contribution in [2.24, 2.45) is 5.73 Å². The van der Waals surface area contributed by atoms with E-state index < -0.39 is 79.3 Å². The predicted octanol–water partition coefficient (Wildman–Crippen LogP) is -3.02. The summed E-state index contributed by atoms with van der Waals surface area (Å²) in [5, 5.41) is 46.5. The number of aliphatic hydroxyl groups is 4. The van der Waals surface area contributed by atoms with Gasteiger partial charge in [-0.1, -0.05) is 12.1 Å². The topological polar surface area (TPSA) is 240 Å². The highest BCUT2D eigenvalue weighted by Gasteiger charge is 2.27. The zero-order valence-corrected chi connectivity index (χ0v) is 20.6. The van der Waals surface area contributed by atoms with Gasteiger partial charge in [0, 0.05) is 12.1 Å². The van der Waals surface area contributed by atoms with Crippen molar-refractivity contribution in [1.82, 2.24) is 16.0 Å². The molecule has 0 spiro atoms. The molecule has 0 fully saturated rings. The van der Waals surface area contributed by atoms with E-state index in [1.54, 1.807) is 12.1 Å². The van der Waals surface area contributed by atoms with Gasteiger partial charge >= 0.3 is 0 Å². The van der Waals surface area contributed by atoms with Crippen LogP contribution in [0.25, 0.3) is 0 Å². The largest absolute Gasteiger partial charge is 0.394 e. The zero-order chi connectivity index (χ0) is 28.1. The van der Waals surface area contributed by atoms with Crippen LogP contribution in [0.1, 0.15) is 38.7 Å². The Morgan fingerprint density at radius 2 is 1.38 bits per heavy atom. The van der Waals surface area contributed by atoms with Gasteiger partial charge in [0.1, 0.15) is 18.1 Å². The molecule has 0 saturated heterocycles. The lowest BCUT2D eigenvalue weighted by molar-refractivity contribution is -0.133. The molecule has 0 radical (unpaired) electrons. The van der Waals surface area contributed by atoms with E-state index >= 15 is 0 Å². The number of hydrogen-bond donors (Lipinski definition) is 9. The molecule has 0 aromatic heterocycles. The summed E-state index contributed by atoms with van der Waals surface area (Å²) in [6, 6.07) is 2.61. The lowest BCUT2D eigenvalue weighted by Crippen LogP contribution is -2.55. The monoisotopic (exact) mass is 525 g/mol. The van der Waals surface area contributed by atoms with Gasteiger partial charge in [-0.25, -0.2) is 0 Å². The number of carbonyl (C=O) groups excluding carboxylic acids is 5. The first kappa shape index (κ1) is 31.4. The highest BCUT2D eigenvalue weighted by molar-refractivity contribution is 6.00. The number of primary amides is 1. The van der Waals surface area contributed by atoms with Crippen LogP contribution >= 0.6 is 0 Å². The number of rotatable bonds is 15. The van der Waals surface area contributed by atoms with Crippen LogP contribution in [-0.4, -0.2) is 86.9 Å². The average Bonchev–Trinajstić information content (AvgIpc) is 2.83. The van der Waals surface area contributed by atoms with Crippen molar-refractivity contribution < 1.29 is 44.4 Å². The zero-order valence-electron chi connectivity index (χ0n) is 20.6. The Kier molecular flexibility index (Phi) is 13.2. The molecule has 1 aromatic rings. The number of benzene rings is 1. The molecule has 206 valence electrons. The van der Waals surface area contributed by atoms with E-state index in [4.69, 9.17) is 15.9 Å². The van der Waals surface area contributed by atoms with Gasteiger partial charge < -0.3 is 47.4 Å². The van der Waals surface area contributed by atoms with Gasteiger partial charge in [0.2, 0.25) is 29.5 Å². The molecular weight excluding hydrogens is 490 g/mol. The van der Waals surface area contributed by atoms with E-state index in [1.807, 2.05) is 0 Å². The van der Waals surface area contributed by atoms with E-state index in [1.165, 1.54) is 26.0 Å². The third-order valence-electron chi connectivity index (χ3n) is 5.14. The second kappa shape index (κ2) is 15.5. The summed E-state index contributed by atoms with van der Waals surface area (Å²) in [5.74, 6) is -3.80. The second-order valence-corrected chi connectivity index (χ2v) is 8.53. The number of hydrogen-bond acceptors (Lipinski definition) is 9. The summed E-state index contributed by atoms with van der Waals surface area (Å²) >= 11 is 0. The molecule has 3 unspecified atom stereocenters. The Balaban J connectivity index is 2.66. The maximum absolute atomic E-state index is 12.6. The highest BCUT2D eigenvalue weighted by Crippen LogP contribution is 2.10. The Morgan fingerprint density at radius 3 is 1.92 bits per heavy atom. The van der Waals surface area contributed by atoms with Crippen molar-refractivity contribution >= 4 is 35.2 Å². The summed E-state index contributed by atoms with van der Waals surface area (Å²) in [7, 11) is 0. The first-order valence-electron chi connectivity index (χ1n) is 11.5. The second-order valence-electron chi connectivity index (χ2n) is 8.53. The van der Waals surface area contributed by atoms with E-state index in [2.05, 4.69) is 21.3 Å². The van der Waals surface area contributed by atoms with Crippen LogP contribution in [0.4, 0.5) is 5.69 Å². The molecule has 1 rings (SSSR count). The van der Waals surface area contributed by atoms with Gasteiger partial charge in [0.15, 0.2) is 0 Å². The fraction of sp³-hybridized carbons (Fsp3) is 0.522. The number of nitrogens with two attached hydrogens (primary N) is 1. The van der Waals surface area contributed by atoms with E-state index in [0.29, 0.717) is 11.3 Å². The molecule has 0 bridgehead atoms. The fourth-order valence-electron chi connectivity index (χ4n) is 3.09. The molecule has 0 saturated carbocycles. The smallest absolute Gasteiger partial charge is 0.247 e. The van der Waals surface area contributed by atoms with Crippen LogP contribution in [0.5, 0.6) is 0 Å². The van der Waals surface area contributed by atoms with Gasteiger partial charge in [-0.15, -0.1) is 0 Å². The number of amides is 5. The predicted molar refractivity (Wildman–Crippen MR) is 130 cm³/mol. The van der Waals surface area contributed by atoms with E-state index in [-0.39, 0.29) is 13.0 Å². The number of carbonyl (C=O) groups is 5. The standard InChI is InChI=1S/C23H35N5O9/c1-12(25-20(34)8-16(31)7-17(32)11-30)21(35)26-13(2)22(36)28-18(9-19(24)33)23(37)27-15-5-3-14(10-29)4-6-15/h3-6,12-13,16-18,29-32H,7-11H2,1-2H3,(H2,24,33)(H,25,34)(H,26,35)(H,27,37)(H,28,36)/t12?,13?,16-,17+,18?/m1/s1. The van der Waals surface area contributed by atoms with Crippen LogP contribution in [0.15, 0.2) is 24.3 Å². The minimum atomic E-state index is -1.34. The number of aliphatic hydroxyl groups excluding tert-OH is 4. The van der Waals surface area contributed by atoms with Crippen LogP contribution < -0.4 is 27.0 Å². The van der Waals surface area contributed by atoms with Crippen molar-refractivity contribution in [2.75, 3.05) is 11.9 Å². The van der Waals surface area contributed by atoms with Crippen molar-refractivity contribution in [3.8, 4) is 0 Å². The summed E-state index contributed by atoms with van der Waals surface area (Å²) in [4.78, 5) is 61.0.